The molecular weight excluding hydrogens is 623 g/mol. The van der Waals surface area contributed by atoms with E-state index in [-0.39, 0.29) is 0 Å². The van der Waals surface area contributed by atoms with Gasteiger partial charge in [0.2, 0.25) is 0 Å². The molecule has 238 valence electrons. The average Bonchev–Trinajstić information content (AvgIpc) is 3.54. The molecule has 7 aromatic carbocycles. The van der Waals surface area contributed by atoms with E-state index in [2.05, 4.69) is 95.6 Å². The van der Waals surface area contributed by atoms with Gasteiger partial charge in [-0.2, -0.15) is 5.26 Å². The summed E-state index contributed by atoms with van der Waals surface area (Å²) in [7, 11) is 0. The van der Waals surface area contributed by atoms with Crippen LogP contribution in [-0.2, 0) is 0 Å². The Bertz CT molecular complexity index is 2650. The summed E-state index contributed by atoms with van der Waals surface area (Å²) in [5, 5.41) is 11.6. The zero-order valence-electron chi connectivity index (χ0n) is 27.5. The van der Waals surface area contributed by atoms with Gasteiger partial charge in [-0.05, 0) is 64.7 Å². The Morgan fingerprint density at radius 3 is 1.39 bits per heavy atom. The molecule has 0 saturated heterocycles. The van der Waals surface area contributed by atoms with Crippen LogP contribution in [0.3, 0.4) is 0 Å². The minimum Gasteiger partial charge on any atom is -0.309 e. The molecule has 0 unspecified atom stereocenters. The maximum atomic E-state index is 9.29. The molecule has 0 fully saturated rings. The molecule has 9 rings (SSSR count). The van der Waals surface area contributed by atoms with Gasteiger partial charge in [0.15, 0.2) is 17.5 Å². The highest BCUT2D eigenvalue weighted by molar-refractivity contribution is 6.11. The Labute approximate surface area is 295 Å². The van der Waals surface area contributed by atoms with Crippen LogP contribution in [0.5, 0.6) is 0 Å². The minimum absolute atomic E-state index is 0.633. The first-order chi connectivity index (χ1) is 25.2. The molecular formula is C46H29N5. The molecule has 2 aromatic heterocycles. The Kier molecular flexibility index (Phi) is 7.46. The molecule has 2 heterocycles. The van der Waals surface area contributed by atoms with Gasteiger partial charge < -0.3 is 4.57 Å². The van der Waals surface area contributed by atoms with E-state index in [0.717, 1.165) is 55.7 Å². The predicted octanol–water partition coefficient (Wildman–Crippen LogP) is 11.2. The van der Waals surface area contributed by atoms with Gasteiger partial charge in [0.25, 0.3) is 0 Å². The summed E-state index contributed by atoms with van der Waals surface area (Å²) in [6.45, 7) is 0. The molecule has 0 spiro atoms. The van der Waals surface area contributed by atoms with Crippen molar-refractivity contribution in [3.05, 3.63) is 181 Å². The van der Waals surface area contributed by atoms with E-state index in [1.54, 1.807) is 0 Å². The first-order valence-electron chi connectivity index (χ1n) is 16.8. The van der Waals surface area contributed by atoms with E-state index in [9.17, 15) is 5.26 Å². The van der Waals surface area contributed by atoms with E-state index in [1.807, 2.05) is 91.0 Å². The van der Waals surface area contributed by atoms with Gasteiger partial charge in [0.05, 0.1) is 22.7 Å². The highest BCUT2D eigenvalue weighted by atomic mass is 15.0. The SMILES string of the molecule is N#Cc1ccc(-c2ccc3c4cc(-c5ccc(-c6nc(-c7ccccc7)nc(-c7ccccc7)n6)cc5)ccc4n(-c4ccccc4)c3c2)cc1. The Morgan fingerprint density at radius 2 is 0.824 bits per heavy atom. The van der Waals surface area contributed by atoms with Crippen molar-refractivity contribution in [3.63, 3.8) is 0 Å². The molecule has 0 bridgehead atoms. The lowest BCUT2D eigenvalue weighted by atomic mass is 10.00. The molecule has 0 aliphatic carbocycles. The molecule has 0 aliphatic heterocycles. The van der Waals surface area contributed by atoms with Crippen LogP contribution in [0.15, 0.2) is 176 Å². The third-order valence-electron chi connectivity index (χ3n) is 9.30. The highest BCUT2D eigenvalue weighted by Crippen LogP contribution is 2.37. The van der Waals surface area contributed by atoms with Crippen LogP contribution >= 0.6 is 0 Å². The molecule has 0 aliphatic rings. The average molecular weight is 652 g/mol. The summed E-state index contributed by atoms with van der Waals surface area (Å²) in [5.41, 5.74) is 11.3. The number of hydrogen-bond donors (Lipinski definition) is 0. The van der Waals surface area contributed by atoms with Crippen molar-refractivity contribution in [3.8, 4) is 68.2 Å². The van der Waals surface area contributed by atoms with Gasteiger partial charge in [-0.15, -0.1) is 0 Å². The van der Waals surface area contributed by atoms with E-state index < -0.39 is 0 Å². The quantitative estimate of drug-likeness (QED) is 0.179. The number of nitriles is 1. The third kappa shape index (κ3) is 5.61. The van der Waals surface area contributed by atoms with Crippen LogP contribution in [0.4, 0.5) is 0 Å². The number of para-hydroxylation sites is 1. The molecule has 9 aromatic rings. The van der Waals surface area contributed by atoms with E-state index in [4.69, 9.17) is 15.0 Å². The second-order valence-electron chi connectivity index (χ2n) is 12.4. The van der Waals surface area contributed by atoms with Crippen molar-refractivity contribution in [2.45, 2.75) is 0 Å². The summed E-state index contributed by atoms with van der Waals surface area (Å²) < 4.78 is 2.33. The van der Waals surface area contributed by atoms with Crippen molar-refractivity contribution in [2.24, 2.45) is 0 Å². The monoisotopic (exact) mass is 651 g/mol. The molecule has 0 atom stereocenters. The molecule has 5 heteroatoms. The van der Waals surface area contributed by atoms with Crippen LogP contribution in [-0.4, -0.2) is 19.5 Å². The number of hydrogen-bond acceptors (Lipinski definition) is 4. The summed E-state index contributed by atoms with van der Waals surface area (Å²) >= 11 is 0. The van der Waals surface area contributed by atoms with Crippen molar-refractivity contribution < 1.29 is 0 Å². The number of benzene rings is 7. The van der Waals surface area contributed by atoms with Gasteiger partial charge in [0, 0.05) is 33.2 Å². The maximum Gasteiger partial charge on any atom is 0.164 e. The van der Waals surface area contributed by atoms with Crippen molar-refractivity contribution in [1.29, 1.82) is 5.26 Å². The molecule has 0 N–H and O–H groups in total. The summed E-state index contributed by atoms with van der Waals surface area (Å²) in [4.78, 5) is 14.6. The van der Waals surface area contributed by atoms with Gasteiger partial charge in [-0.25, -0.2) is 15.0 Å². The van der Waals surface area contributed by atoms with Gasteiger partial charge >= 0.3 is 0 Å². The molecule has 5 nitrogen and oxygen atoms in total. The van der Waals surface area contributed by atoms with Crippen molar-refractivity contribution in [1.82, 2.24) is 19.5 Å². The summed E-state index contributed by atoms with van der Waals surface area (Å²) in [6.07, 6.45) is 0. The Balaban J connectivity index is 1.13. The fourth-order valence-electron chi connectivity index (χ4n) is 6.72. The molecule has 0 saturated carbocycles. The fraction of sp³-hybridized carbons (Fsp3) is 0. The first-order valence-corrected chi connectivity index (χ1v) is 16.8. The third-order valence-corrected chi connectivity index (χ3v) is 9.30. The fourth-order valence-corrected chi connectivity index (χ4v) is 6.72. The van der Waals surface area contributed by atoms with Gasteiger partial charge in [-0.1, -0.05) is 133 Å². The number of aromatic nitrogens is 4. The summed E-state index contributed by atoms with van der Waals surface area (Å²) in [6, 6.07) is 62.4. The molecule has 0 amide bonds. The molecule has 0 radical (unpaired) electrons. The van der Waals surface area contributed by atoms with Gasteiger partial charge in [-0.3, -0.25) is 0 Å². The largest absolute Gasteiger partial charge is 0.309 e. The maximum absolute atomic E-state index is 9.29. The van der Waals surface area contributed by atoms with Crippen LogP contribution in [0.25, 0.3) is 83.9 Å². The molecule has 51 heavy (non-hydrogen) atoms. The lowest BCUT2D eigenvalue weighted by molar-refractivity contribution is 1.07. The minimum atomic E-state index is 0.633. The van der Waals surface area contributed by atoms with Crippen LogP contribution in [0, 0.1) is 11.3 Å². The van der Waals surface area contributed by atoms with Crippen LogP contribution in [0.1, 0.15) is 5.56 Å². The highest BCUT2D eigenvalue weighted by Gasteiger charge is 2.16. The summed E-state index contributed by atoms with van der Waals surface area (Å²) in [5.74, 6) is 1.92. The smallest absolute Gasteiger partial charge is 0.164 e. The van der Waals surface area contributed by atoms with Crippen LogP contribution in [0.2, 0.25) is 0 Å². The first kappa shape index (κ1) is 29.9. The van der Waals surface area contributed by atoms with E-state index >= 15 is 0 Å². The van der Waals surface area contributed by atoms with Crippen molar-refractivity contribution >= 4 is 21.8 Å². The normalized spacial score (nSPS) is 11.1. The van der Waals surface area contributed by atoms with Crippen LogP contribution < -0.4 is 0 Å². The van der Waals surface area contributed by atoms with Crippen molar-refractivity contribution in [2.75, 3.05) is 0 Å². The Morgan fingerprint density at radius 1 is 0.373 bits per heavy atom. The number of nitrogens with zero attached hydrogens (tertiary/aromatic N) is 5. The van der Waals surface area contributed by atoms with Gasteiger partial charge in [0.1, 0.15) is 0 Å². The zero-order chi connectivity index (χ0) is 34.1. The number of rotatable bonds is 6. The standard InChI is InChI=1S/C46H29N5/c47-30-31-16-18-32(19-17-31)38-24-26-40-41-28-37(25-27-42(41)51(43(40)29-38)39-14-8-3-9-15-39)33-20-22-36(23-21-33)46-49-44(34-10-4-1-5-11-34)48-45(50-46)35-12-6-2-7-13-35/h1-29H. The topological polar surface area (TPSA) is 67.4 Å². The lowest BCUT2D eigenvalue weighted by Crippen LogP contribution is -2.00. The van der Waals surface area contributed by atoms with E-state index in [1.165, 1.54) is 10.8 Å². The predicted molar refractivity (Wildman–Crippen MR) is 206 cm³/mol. The second-order valence-corrected chi connectivity index (χ2v) is 12.4. The lowest BCUT2D eigenvalue weighted by Gasteiger charge is -2.10. The second kappa shape index (κ2) is 12.7. The van der Waals surface area contributed by atoms with E-state index in [0.29, 0.717) is 23.0 Å². The Hall–Kier alpha value is -7.16. The zero-order valence-corrected chi connectivity index (χ0v) is 27.5. The number of fused-ring (bicyclic) bond motifs is 3.